The van der Waals surface area contributed by atoms with Gasteiger partial charge in [-0.2, -0.15) is 17.8 Å². The summed E-state index contributed by atoms with van der Waals surface area (Å²) in [6.45, 7) is 1.64. The maximum Gasteiger partial charge on any atom is 0.279 e. The number of benzene rings is 1. The summed E-state index contributed by atoms with van der Waals surface area (Å²) >= 11 is 0. The van der Waals surface area contributed by atoms with Crippen molar-refractivity contribution >= 4 is 10.2 Å². The molecular formula is C16H22N4O2S. The number of aromatic nitrogens is 2. The van der Waals surface area contributed by atoms with Crippen LogP contribution >= 0.6 is 0 Å². The average molecular weight is 334 g/mol. The largest absolute Gasteiger partial charge is 0.279 e. The standard InChI is InChI=1S/C16H22N4O2S/c21-23(22,19-11-5-2-6-12-19)18-10-9-15-13-17-20(14-15)16-7-3-1-4-8-16/h1,3-4,7-8,13-14,18H,2,5-6,9-12H2. The highest BCUT2D eigenvalue weighted by Gasteiger charge is 2.22. The quantitative estimate of drug-likeness (QED) is 0.875. The van der Waals surface area contributed by atoms with Crippen molar-refractivity contribution in [2.24, 2.45) is 0 Å². The lowest BCUT2D eigenvalue weighted by Gasteiger charge is -2.25. The van der Waals surface area contributed by atoms with Gasteiger partial charge in [-0.25, -0.2) is 9.40 Å². The van der Waals surface area contributed by atoms with Crippen LogP contribution in [0.15, 0.2) is 42.7 Å². The highest BCUT2D eigenvalue weighted by atomic mass is 32.2. The number of piperidine rings is 1. The molecule has 1 aromatic heterocycles. The zero-order valence-electron chi connectivity index (χ0n) is 13.1. The van der Waals surface area contributed by atoms with E-state index in [1.54, 1.807) is 15.2 Å². The Bertz CT molecular complexity index is 722. The Morgan fingerprint density at radius 1 is 1.09 bits per heavy atom. The van der Waals surface area contributed by atoms with Crippen LogP contribution in [0.4, 0.5) is 0 Å². The van der Waals surface area contributed by atoms with E-state index in [-0.39, 0.29) is 0 Å². The Morgan fingerprint density at radius 2 is 1.83 bits per heavy atom. The lowest BCUT2D eigenvalue weighted by Crippen LogP contribution is -2.43. The minimum Gasteiger partial charge on any atom is -0.241 e. The second-order valence-electron chi connectivity index (χ2n) is 5.74. The van der Waals surface area contributed by atoms with Crippen LogP contribution in [0.3, 0.4) is 0 Å². The van der Waals surface area contributed by atoms with Gasteiger partial charge in [-0.3, -0.25) is 0 Å². The van der Waals surface area contributed by atoms with Gasteiger partial charge < -0.3 is 0 Å². The molecule has 3 rings (SSSR count). The fraction of sp³-hybridized carbons (Fsp3) is 0.438. The van der Waals surface area contributed by atoms with E-state index in [0.29, 0.717) is 26.1 Å². The molecule has 2 aromatic rings. The molecule has 23 heavy (non-hydrogen) atoms. The van der Waals surface area contributed by atoms with E-state index in [1.165, 1.54) is 0 Å². The van der Waals surface area contributed by atoms with Crippen molar-refractivity contribution in [2.45, 2.75) is 25.7 Å². The van der Waals surface area contributed by atoms with E-state index in [1.807, 2.05) is 36.5 Å². The Balaban J connectivity index is 1.54. The zero-order chi connectivity index (χ0) is 16.1. The van der Waals surface area contributed by atoms with Gasteiger partial charge in [-0.1, -0.05) is 24.6 Å². The number of para-hydroxylation sites is 1. The molecule has 1 saturated heterocycles. The lowest BCUT2D eigenvalue weighted by molar-refractivity contribution is 0.342. The van der Waals surface area contributed by atoms with Crippen molar-refractivity contribution in [3.05, 3.63) is 48.3 Å². The van der Waals surface area contributed by atoms with Crippen molar-refractivity contribution in [1.82, 2.24) is 18.8 Å². The maximum atomic E-state index is 12.2. The zero-order valence-corrected chi connectivity index (χ0v) is 13.9. The molecule has 1 aliphatic rings. The van der Waals surface area contributed by atoms with Gasteiger partial charge in [0.1, 0.15) is 0 Å². The van der Waals surface area contributed by atoms with Gasteiger partial charge >= 0.3 is 0 Å². The van der Waals surface area contributed by atoms with Crippen LogP contribution in [0, 0.1) is 0 Å². The SMILES string of the molecule is O=S(=O)(NCCc1cnn(-c2ccccc2)c1)N1CCCCC1. The molecule has 0 amide bonds. The Labute approximate surface area is 137 Å². The number of hydrogen-bond donors (Lipinski definition) is 1. The summed E-state index contributed by atoms with van der Waals surface area (Å²) in [5.41, 5.74) is 2.00. The molecule has 2 heterocycles. The summed E-state index contributed by atoms with van der Waals surface area (Å²) in [7, 11) is -3.34. The van der Waals surface area contributed by atoms with Gasteiger partial charge in [0, 0.05) is 25.8 Å². The summed E-state index contributed by atoms with van der Waals surface area (Å²) in [6.07, 6.45) is 7.35. The van der Waals surface area contributed by atoms with E-state index in [4.69, 9.17) is 0 Å². The summed E-state index contributed by atoms with van der Waals surface area (Å²) in [5.74, 6) is 0. The summed E-state index contributed by atoms with van der Waals surface area (Å²) in [5, 5.41) is 4.32. The number of rotatable bonds is 6. The number of nitrogens with zero attached hydrogens (tertiary/aromatic N) is 3. The Hall–Kier alpha value is -1.70. The summed E-state index contributed by atoms with van der Waals surface area (Å²) in [4.78, 5) is 0. The molecule has 0 spiro atoms. The molecule has 0 saturated carbocycles. The molecule has 1 aromatic carbocycles. The smallest absolute Gasteiger partial charge is 0.241 e. The monoisotopic (exact) mass is 334 g/mol. The van der Waals surface area contributed by atoms with Crippen molar-refractivity contribution in [3.63, 3.8) is 0 Å². The van der Waals surface area contributed by atoms with Crippen LogP contribution in [-0.4, -0.2) is 42.1 Å². The first-order valence-corrected chi connectivity index (χ1v) is 9.43. The first kappa shape index (κ1) is 16.2. The predicted octanol–water partition coefficient (Wildman–Crippen LogP) is 1.74. The van der Waals surface area contributed by atoms with Crippen LogP contribution in [0.1, 0.15) is 24.8 Å². The normalized spacial score (nSPS) is 16.5. The van der Waals surface area contributed by atoms with E-state index in [0.717, 1.165) is 30.5 Å². The van der Waals surface area contributed by atoms with E-state index in [2.05, 4.69) is 9.82 Å². The minimum atomic E-state index is -3.34. The Morgan fingerprint density at radius 3 is 2.57 bits per heavy atom. The van der Waals surface area contributed by atoms with Crippen molar-refractivity contribution < 1.29 is 8.42 Å². The molecule has 6 nitrogen and oxygen atoms in total. The fourth-order valence-corrected chi connectivity index (χ4v) is 4.01. The molecule has 7 heteroatoms. The van der Waals surface area contributed by atoms with Gasteiger partial charge in [0.25, 0.3) is 10.2 Å². The number of hydrogen-bond acceptors (Lipinski definition) is 3. The van der Waals surface area contributed by atoms with Gasteiger partial charge in [-0.15, -0.1) is 0 Å². The highest BCUT2D eigenvalue weighted by molar-refractivity contribution is 7.87. The molecule has 124 valence electrons. The molecular weight excluding hydrogens is 312 g/mol. The molecule has 0 unspecified atom stereocenters. The van der Waals surface area contributed by atoms with E-state index < -0.39 is 10.2 Å². The van der Waals surface area contributed by atoms with E-state index >= 15 is 0 Å². The predicted molar refractivity (Wildman–Crippen MR) is 89.6 cm³/mol. The highest BCUT2D eigenvalue weighted by Crippen LogP contribution is 2.12. The third kappa shape index (κ3) is 4.19. The van der Waals surface area contributed by atoms with Crippen LogP contribution < -0.4 is 4.72 Å². The van der Waals surface area contributed by atoms with Crippen LogP contribution in [-0.2, 0) is 16.6 Å². The fourth-order valence-electron chi connectivity index (χ4n) is 2.73. The van der Waals surface area contributed by atoms with Gasteiger partial charge in [0.15, 0.2) is 0 Å². The number of nitrogens with one attached hydrogen (secondary N) is 1. The third-order valence-corrected chi connectivity index (χ3v) is 5.62. The molecule has 0 aliphatic carbocycles. The lowest BCUT2D eigenvalue weighted by atomic mass is 10.2. The minimum absolute atomic E-state index is 0.388. The molecule has 1 N–H and O–H groups in total. The van der Waals surface area contributed by atoms with Gasteiger partial charge in [0.2, 0.25) is 0 Å². The molecule has 0 radical (unpaired) electrons. The topological polar surface area (TPSA) is 67.2 Å². The van der Waals surface area contributed by atoms with Crippen LogP contribution in [0.2, 0.25) is 0 Å². The van der Waals surface area contributed by atoms with Gasteiger partial charge in [0.05, 0.1) is 11.9 Å². The van der Waals surface area contributed by atoms with Crippen molar-refractivity contribution in [2.75, 3.05) is 19.6 Å². The van der Waals surface area contributed by atoms with Crippen molar-refractivity contribution in [1.29, 1.82) is 0 Å². The second-order valence-corrected chi connectivity index (χ2v) is 7.49. The van der Waals surface area contributed by atoms with Gasteiger partial charge in [-0.05, 0) is 37.0 Å². The second kappa shape index (κ2) is 7.25. The molecule has 0 atom stereocenters. The summed E-state index contributed by atoms with van der Waals surface area (Å²) in [6, 6.07) is 9.85. The molecule has 0 bridgehead atoms. The van der Waals surface area contributed by atoms with Crippen LogP contribution in [0.5, 0.6) is 0 Å². The van der Waals surface area contributed by atoms with Crippen LogP contribution in [0.25, 0.3) is 5.69 Å². The Kier molecular flexibility index (Phi) is 5.09. The maximum absolute atomic E-state index is 12.2. The molecule has 1 aliphatic heterocycles. The first-order chi connectivity index (χ1) is 11.1. The van der Waals surface area contributed by atoms with Crippen molar-refractivity contribution in [3.8, 4) is 5.69 Å². The van der Waals surface area contributed by atoms with E-state index in [9.17, 15) is 8.42 Å². The average Bonchev–Trinajstić information content (AvgIpc) is 3.05. The summed E-state index contributed by atoms with van der Waals surface area (Å²) < 4.78 is 30.4. The molecule has 1 fully saturated rings. The first-order valence-electron chi connectivity index (χ1n) is 7.99. The third-order valence-electron chi connectivity index (χ3n) is 4.01.